The number of likely N-dealkylation sites (N-methyl/N-ethyl adjacent to an activating group) is 1. The Kier molecular flexibility index (Phi) is 3.61. The average Bonchev–Trinajstić information content (AvgIpc) is 3.09. The van der Waals surface area contributed by atoms with Crippen LogP contribution in [0.4, 0.5) is 0 Å². The van der Waals surface area contributed by atoms with Crippen molar-refractivity contribution in [3.05, 3.63) is 11.7 Å². The van der Waals surface area contributed by atoms with E-state index < -0.39 is 0 Å². The number of nitrogens with one attached hydrogen (secondary N) is 1. The molecule has 2 fully saturated rings. The topological polar surface area (TPSA) is 60.2 Å². The molecule has 1 aliphatic heterocycles. The van der Waals surface area contributed by atoms with Crippen molar-refractivity contribution in [2.45, 2.75) is 44.1 Å². The molecule has 0 spiro atoms. The van der Waals surface area contributed by atoms with Gasteiger partial charge >= 0.3 is 0 Å². The Morgan fingerprint density at radius 1 is 1.33 bits per heavy atom. The van der Waals surface area contributed by atoms with Crippen molar-refractivity contribution >= 4 is 0 Å². The van der Waals surface area contributed by atoms with Gasteiger partial charge in [-0.25, -0.2) is 0 Å². The molecule has 5 heteroatoms. The first-order chi connectivity index (χ1) is 8.86. The predicted molar refractivity (Wildman–Crippen MR) is 66.4 cm³/mol. The summed E-state index contributed by atoms with van der Waals surface area (Å²) in [6.07, 6.45) is 5.60. The van der Waals surface area contributed by atoms with Gasteiger partial charge in [0.05, 0.1) is 5.92 Å². The molecule has 1 saturated heterocycles. The van der Waals surface area contributed by atoms with Gasteiger partial charge in [-0.3, -0.25) is 0 Å². The van der Waals surface area contributed by atoms with Gasteiger partial charge in [0.15, 0.2) is 5.82 Å². The molecule has 2 heterocycles. The zero-order chi connectivity index (χ0) is 12.4. The van der Waals surface area contributed by atoms with Crippen LogP contribution in [0.3, 0.4) is 0 Å². The maximum absolute atomic E-state index is 5.45. The van der Waals surface area contributed by atoms with Crippen molar-refractivity contribution in [2.75, 3.05) is 20.3 Å². The monoisotopic (exact) mass is 251 g/mol. The second-order valence-corrected chi connectivity index (χ2v) is 5.42. The molecule has 3 unspecified atom stereocenters. The summed E-state index contributed by atoms with van der Waals surface area (Å²) >= 11 is 0. The average molecular weight is 251 g/mol. The van der Waals surface area contributed by atoms with Gasteiger partial charge in [-0.2, -0.15) is 4.98 Å². The van der Waals surface area contributed by atoms with Crippen molar-refractivity contribution < 1.29 is 9.26 Å². The summed E-state index contributed by atoms with van der Waals surface area (Å²) in [5.41, 5.74) is 0. The Morgan fingerprint density at radius 3 is 3.06 bits per heavy atom. The summed E-state index contributed by atoms with van der Waals surface area (Å²) in [7, 11) is 2.01. The maximum Gasteiger partial charge on any atom is 0.231 e. The molecule has 0 radical (unpaired) electrons. The fourth-order valence-electron chi connectivity index (χ4n) is 3.10. The molecule has 0 bridgehead atoms. The van der Waals surface area contributed by atoms with E-state index in [4.69, 9.17) is 9.26 Å². The lowest BCUT2D eigenvalue weighted by Gasteiger charge is -2.14. The highest BCUT2D eigenvalue weighted by Crippen LogP contribution is 2.33. The Hall–Kier alpha value is -0.940. The van der Waals surface area contributed by atoms with Crippen molar-refractivity contribution in [3.8, 4) is 0 Å². The molecule has 5 nitrogen and oxygen atoms in total. The van der Waals surface area contributed by atoms with Crippen molar-refractivity contribution in [3.63, 3.8) is 0 Å². The van der Waals surface area contributed by atoms with Crippen LogP contribution in [0.1, 0.15) is 43.3 Å². The molecular weight excluding hydrogens is 230 g/mol. The van der Waals surface area contributed by atoms with Crippen molar-refractivity contribution in [1.29, 1.82) is 0 Å². The lowest BCUT2D eigenvalue weighted by molar-refractivity contribution is 0.185. The Morgan fingerprint density at radius 2 is 2.28 bits per heavy atom. The van der Waals surface area contributed by atoms with Crippen LogP contribution in [0.15, 0.2) is 4.52 Å². The number of ether oxygens (including phenoxy) is 1. The Balaban J connectivity index is 1.65. The Labute approximate surface area is 107 Å². The second-order valence-electron chi connectivity index (χ2n) is 5.42. The van der Waals surface area contributed by atoms with E-state index in [0.29, 0.717) is 17.9 Å². The third-order valence-electron chi connectivity index (χ3n) is 4.18. The largest absolute Gasteiger partial charge is 0.381 e. The fraction of sp³-hybridized carbons (Fsp3) is 0.846. The van der Waals surface area contributed by atoms with Gasteiger partial charge in [-0.1, -0.05) is 11.6 Å². The van der Waals surface area contributed by atoms with Crippen LogP contribution < -0.4 is 5.32 Å². The quantitative estimate of drug-likeness (QED) is 0.878. The zero-order valence-electron chi connectivity index (χ0n) is 10.9. The summed E-state index contributed by atoms with van der Waals surface area (Å²) in [5, 5.41) is 7.47. The SMILES string of the molecule is CNC1CCCC1c1nc(CC2CCOC2)no1. The van der Waals surface area contributed by atoms with Crippen molar-refractivity contribution in [2.24, 2.45) is 5.92 Å². The number of aromatic nitrogens is 2. The van der Waals surface area contributed by atoms with Crippen LogP contribution in [-0.2, 0) is 11.2 Å². The molecule has 1 aliphatic carbocycles. The lowest BCUT2D eigenvalue weighted by atomic mass is 10.0. The van der Waals surface area contributed by atoms with Gasteiger partial charge in [-0.05, 0) is 32.2 Å². The van der Waals surface area contributed by atoms with E-state index in [-0.39, 0.29) is 0 Å². The number of hydrogen-bond acceptors (Lipinski definition) is 5. The molecular formula is C13H21N3O2. The van der Waals surface area contributed by atoms with E-state index >= 15 is 0 Å². The first kappa shape index (κ1) is 12.1. The van der Waals surface area contributed by atoms with E-state index in [0.717, 1.165) is 44.2 Å². The molecule has 1 aromatic rings. The molecule has 3 atom stereocenters. The summed E-state index contributed by atoms with van der Waals surface area (Å²) in [5.74, 6) is 2.64. The van der Waals surface area contributed by atoms with Gasteiger partial charge < -0.3 is 14.6 Å². The number of rotatable bonds is 4. The van der Waals surface area contributed by atoms with Gasteiger partial charge in [-0.15, -0.1) is 0 Å². The van der Waals surface area contributed by atoms with Crippen LogP contribution in [0.25, 0.3) is 0 Å². The van der Waals surface area contributed by atoms with Crippen LogP contribution in [0.2, 0.25) is 0 Å². The summed E-state index contributed by atoms with van der Waals surface area (Å²) in [4.78, 5) is 4.58. The third kappa shape index (κ3) is 2.42. The first-order valence-electron chi connectivity index (χ1n) is 6.94. The minimum absolute atomic E-state index is 0.399. The molecule has 0 aromatic carbocycles. The van der Waals surface area contributed by atoms with E-state index in [1.165, 1.54) is 12.8 Å². The van der Waals surface area contributed by atoms with Crippen LogP contribution in [0.5, 0.6) is 0 Å². The molecule has 1 aromatic heterocycles. The number of nitrogens with zero attached hydrogens (tertiary/aromatic N) is 2. The highest BCUT2D eigenvalue weighted by Gasteiger charge is 2.32. The van der Waals surface area contributed by atoms with Crippen LogP contribution in [0, 0.1) is 5.92 Å². The summed E-state index contributed by atoms with van der Waals surface area (Å²) < 4.78 is 10.8. The molecule has 2 aliphatic rings. The minimum Gasteiger partial charge on any atom is -0.381 e. The highest BCUT2D eigenvalue weighted by molar-refractivity contribution is 5.03. The third-order valence-corrected chi connectivity index (χ3v) is 4.18. The number of hydrogen-bond donors (Lipinski definition) is 1. The van der Waals surface area contributed by atoms with E-state index in [2.05, 4.69) is 15.5 Å². The van der Waals surface area contributed by atoms with Crippen LogP contribution >= 0.6 is 0 Å². The zero-order valence-corrected chi connectivity index (χ0v) is 10.9. The predicted octanol–water partition coefficient (Wildman–Crippen LogP) is 1.50. The minimum atomic E-state index is 0.399. The fourth-order valence-corrected chi connectivity index (χ4v) is 3.10. The lowest BCUT2D eigenvalue weighted by Crippen LogP contribution is -2.27. The van der Waals surface area contributed by atoms with E-state index in [9.17, 15) is 0 Å². The van der Waals surface area contributed by atoms with Crippen LogP contribution in [-0.4, -0.2) is 36.4 Å². The Bertz CT molecular complexity index is 387. The molecule has 1 saturated carbocycles. The molecule has 18 heavy (non-hydrogen) atoms. The van der Waals surface area contributed by atoms with Gasteiger partial charge in [0, 0.05) is 25.7 Å². The molecule has 100 valence electrons. The van der Waals surface area contributed by atoms with Gasteiger partial charge in [0.2, 0.25) is 5.89 Å². The maximum atomic E-state index is 5.45. The normalized spacial score (nSPS) is 32.2. The molecule has 1 N–H and O–H groups in total. The second kappa shape index (κ2) is 5.36. The van der Waals surface area contributed by atoms with Crippen molar-refractivity contribution in [1.82, 2.24) is 15.5 Å². The molecule has 3 rings (SSSR count). The van der Waals surface area contributed by atoms with Gasteiger partial charge in [0.25, 0.3) is 0 Å². The highest BCUT2D eigenvalue weighted by atomic mass is 16.5. The van der Waals surface area contributed by atoms with Gasteiger partial charge in [0.1, 0.15) is 0 Å². The molecule has 0 amide bonds. The van der Waals surface area contributed by atoms with E-state index in [1.807, 2.05) is 7.05 Å². The first-order valence-corrected chi connectivity index (χ1v) is 6.94. The summed E-state index contributed by atoms with van der Waals surface area (Å²) in [6, 6.07) is 0.494. The smallest absolute Gasteiger partial charge is 0.231 e. The summed E-state index contributed by atoms with van der Waals surface area (Å²) in [6.45, 7) is 1.71. The van der Waals surface area contributed by atoms with E-state index in [1.54, 1.807) is 0 Å². The standard InChI is InChI=1S/C13H21N3O2/c1-14-11-4-2-3-10(11)13-15-12(16-18-13)7-9-5-6-17-8-9/h9-11,14H,2-8H2,1H3.